The van der Waals surface area contributed by atoms with E-state index in [2.05, 4.69) is 30.1 Å². The third-order valence-electron chi connectivity index (χ3n) is 3.93. The van der Waals surface area contributed by atoms with Crippen molar-refractivity contribution in [2.45, 2.75) is 17.9 Å². The van der Waals surface area contributed by atoms with Gasteiger partial charge >= 0.3 is 0 Å². The maximum absolute atomic E-state index is 6.21. The molecule has 3 heteroatoms. The van der Waals surface area contributed by atoms with Crippen molar-refractivity contribution in [2.24, 2.45) is 5.73 Å². The van der Waals surface area contributed by atoms with Gasteiger partial charge in [0.15, 0.2) is 0 Å². The molecule has 86 valence electrons. The third kappa shape index (κ3) is 1.28. The number of likely N-dealkylation sites (tertiary alicyclic amines) is 1. The highest BCUT2D eigenvalue weighted by molar-refractivity contribution is 5.44. The molecule has 0 saturated carbocycles. The van der Waals surface area contributed by atoms with E-state index in [4.69, 9.17) is 10.5 Å². The first-order valence-corrected chi connectivity index (χ1v) is 5.92. The highest BCUT2D eigenvalue weighted by Crippen LogP contribution is 2.48. The van der Waals surface area contributed by atoms with Crippen LogP contribution in [0.25, 0.3) is 0 Å². The van der Waals surface area contributed by atoms with Crippen molar-refractivity contribution in [3.05, 3.63) is 29.8 Å². The fraction of sp³-hybridized carbons (Fsp3) is 0.538. The lowest BCUT2D eigenvalue weighted by atomic mass is 9.83. The molecule has 0 aromatic heterocycles. The lowest BCUT2D eigenvalue weighted by molar-refractivity contribution is 0.0815. The molecule has 2 unspecified atom stereocenters. The van der Waals surface area contributed by atoms with Crippen molar-refractivity contribution in [3.63, 3.8) is 0 Å². The van der Waals surface area contributed by atoms with Crippen LogP contribution in [0, 0.1) is 0 Å². The van der Waals surface area contributed by atoms with Crippen molar-refractivity contribution >= 4 is 0 Å². The van der Waals surface area contributed by atoms with Gasteiger partial charge in [0.2, 0.25) is 0 Å². The maximum atomic E-state index is 6.21. The molecule has 2 aliphatic rings. The predicted octanol–water partition coefficient (Wildman–Crippen LogP) is 1.20. The second-order valence-electron chi connectivity index (χ2n) is 4.98. The summed E-state index contributed by atoms with van der Waals surface area (Å²) >= 11 is 0. The highest BCUT2D eigenvalue weighted by atomic mass is 16.5. The van der Waals surface area contributed by atoms with Crippen molar-refractivity contribution in [2.75, 3.05) is 26.7 Å². The number of rotatable bonds is 1. The Bertz CT molecular complexity index is 407. The lowest BCUT2D eigenvalue weighted by Gasteiger charge is -2.29. The molecule has 3 rings (SSSR count). The van der Waals surface area contributed by atoms with E-state index in [-0.39, 0.29) is 5.60 Å². The minimum absolute atomic E-state index is 0.0623. The SMILES string of the molecule is CN1CCC2(C1)Oc1ccccc1C2CN. The Balaban J connectivity index is 2.01. The van der Waals surface area contributed by atoms with Crippen molar-refractivity contribution in [3.8, 4) is 5.75 Å². The smallest absolute Gasteiger partial charge is 0.131 e. The predicted molar refractivity (Wildman–Crippen MR) is 63.7 cm³/mol. The van der Waals surface area contributed by atoms with E-state index in [0.29, 0.717) is 12.5 Å². The van der Waals surface area contributed by atoms with E-state index in [9.17, 15) is 0 Å². The van der Waals surface area contributed by atoms with Gasteiger partial charge in [-0.3, -0.25) is 0 Å². The van der Waals surface area contributed by atoms with Gasteiger partial charge in [-0.25, -0.2) is 0 Å². The largest absolute Gasteiger partial charge is 0.485 e. The molecule has 0 amide bonds. The maximum Gasteiger partial charge on any atom is 0.131 e. The summed E-state index contributed by atoms with van der Waals surface area (Å²) in [6.07, 6.45) is 1.08. The number of fused-ring (bicyclic) bond motifs is 1. The molecule has 16 heavy (non-hydrogen) atoms. The molecule has 2 N–H and O–H groups in total. The molecular formula is C13H18N2O. The van der Waals surface area contributed by atoms with E-state index >= 15 is 0 Å². The average molecular weight is 218 g/mol. The summed E-state index contributed by atoms with van der Waals surface area (Å²) in [5.41, 5.74) is 7.18. The van der Waals surface area contributed by atoms with E-state index < -0.39 is 0 Å². The third-order valence-corrected chi connectivity index (χ3v) is 3.93. The fourth-order valence-electron chi connectivity index (χ4n) is 3.14. The van der Waals surface area contributed by atoms with E-state index in [1.165, 1.54) is 5.56 Å². The number of hydrogen-bond donors (Lipinski definition) is 1. The van der Waals surface area contributed by atoms with Crippen LogP contribution in [0.2, 0.25) is 0 Å². The van der Waals surface area contributed by atoms with Crippen molar-refractivity contribution in [1.29, 1.82) is 0 Å². The summed E-state index contributed by atoms with van der Waals surface area (Å²) in [4.78, 5) is 2.33. The van der Waals surface area contributed by atoms with Gasteiger partial charge in [0.25, 0.3) is 0 Å². The summed E-state index contributed by atoms with van der Waals surface area (Å²) in [6.45, 7) is 2.76. The number of likely N-dealkylation sites (N-methyl/N-ethyl adjacent to an activating group) is 1. The topological polar surface area (TPSA) is 38.5 Å². The summed E-state index contributed by atoms with van der Waals surface area (Å²) in [7, 11) is 2.15. The zero-order valence-electron chi connectivity index (χ0n) is 9.65. The average Bonchev–Trinajstić information content (AvgIpc) is 2.79. The Morgan fingerprint density at radius 2 is 2.31 bits per heavy atom. The zero-order valence-corrected chi connectivity index (χ0v) is 9.65. The number of nitrogens with two attached hydrogens (primary N) is 1. The Kier molecular flexibility index (Phi) is 2.19. The molecule has 1 saturated heterocycles. The van der Waals surface area contributed by atoms with Crippen LogP contribution >= 0.6 is 0 Å². The van der Waals surface area contributed by atoms with Gasteiger partial charge in [-0.2, -0.15) is 0 Å². The number of nitrogens with zero attached hydrogens (tertiary/aromatic N) is 1. The van der Waals surface area contributed by atoms with E-state index in [0.717, 1.165) is 25.3 Å². The fourth-order valence-corrected chi connectivity index (χ4v) is 3.14. The standard InChI is InChI=1S/C13H18N2O/c1-15-7-6-13(9-15)11(8-14)10-4-2-3-5-12(10)16-13/h2-5,11H,6-9,14H2,1H3. The summed E-state index contributed by atoms with van der Waals surface area (Å²) < 4.78 is 6.21. The molecule has 1 spiro atoms. The monoisotopic (exact) mass is 218 g/mol. The van der Waals surface area contributed by atoms with E-state index in [1.807, 2.05) is 6.07 Å². The molecule has 1 fully saturated rings. The quantitative estimate of drug-likeness (QED) is 0.769. The number of ether oxygens (including phenoxy) is 1. The summed E-state index contributed by atoms with van der Waals surface area (Å²) in [6, 6.07) is 8.32. The molecule has 2 heterocycles. The zero-order chi connectivity index (χ0) is 11.2. The van der Waals surface area contributed by atoms with Crippen LogP contribution in [0.5, 0.6) is 5.75 Å². The van der Waals surface area contributed by atoms with Crippen molar-refractivity contribution in [1.82, 2.24) is 4.90 Å². The van der Waals surface area contributed by atoms with Gasteiger partial charge < -0.3 is 15.4 Å². The molecule has 2 atom stereocenters. The van der Waals surface area contributed by atoms with E-state index in [1.54, 1.807) is 0 Å². The van der Waals surface area contributed by atoms with Crippen molar-refractivity contribution < 1.29 is 4.74 Å². The number of benzene rings is 1. The van der Waals surface area contributed by atoms with Gasteiger partial charge in [-0.1, -0.05) is 18.2 Å². The Labute approximate surface area is 96.2 Å². The molecular weight excluding hydrogens is 200 g/mol. The molecule has 1 aromatic carbocycles. The van der Waals surface area contributed by atoms with Crippen LogP contribution < -0.4 is 10.5 Å². The minimum Gasteiger partial charge on any atom is -0.485 e. The van der Waals surface area contributed by atoms with Crippen LogP contribution in [0.4, 0.5) is 0 Å². The molecule has 3 nitrogen and oxygen atoms in total. The number of para-hydroxylation sites is 1. The highest BCUT2D eigenvalue weighted by Gasteiger charge is 2.50. The van der Waals surface area contributed by atoms with Gasteiger partial charge in [0.05, 0.1) is 0 Å². The Morgan fingerprint density at radius 3 is 3.00 bits per heavy atom. The Morgan fingerprint density at radius 1 is 1.50 bits per heavy atom. The molecule has 0 radical (unpaired) electrons. The Hall–Kier alpha value is -1.06. The first-order chi connectivity index (χ1) is 7.75. The normalized spacial score (nSPS) is 33.0. The van der Waals surface area contributed by atoms with Gasteiger partial charge in [0.1, 0.15) is 11.4 Å². The van der Waals surface area contributed by atoms with Gasteiger partial charge in [-0.15, -0.1) is 0 Å². The molecule has 0 aliphatic carbocycles. The number of hydrogen-bond acceptors (Lipinski definition) is 3. The van der Waals surface area contributed by atoms with Gasteiger partial charge in [-0.05, 0) is 13.1 Å². The van der Waals surface area contributed by atoms with Crippen LogP contribution in [0.3, 0.4) is 0 Å². The molecule has 1 aromatic rings. The van der Waals surface area contributed by atoms with Crippen LogP contribution in [0.1, 0.15) is 17.9 Å². The first-order valence-electron chi connectivity index (χ1n) is 5.92. The first kappa shape index (κ1) is 10.1. The molecule has 2 aliphatic heterocycles. The van der Waals surface area contributed by atoms with Crippen LogP contribution in [-0.4, -0.2) is 37.2 Å². The second-order valence-corrected chi connectivity index (χ2v) is 4.98. The van der Waals surface area contributed by atoms with Gasteiger partial charge in [0, 0.05) is 37.5 Å². The summed E-state index contributed by atoms with van der Waals surface area (Å²) in [5, 5.41) is 0. The lowest BCUT2D eigenvalue weighted by Crippen LogP contribution is -2.43. The summed E-state index contributed by atoms with van der Waals surface area (Å²) in [5.74, 6) is 1.39. The second kappa shape index (κ2) is 3.47. The van der Waals surface area contributed by atoms with Crippen LogP contribution in [-0.2, 0) is 0 Å². The minimum atomic E-state index is -0.0623. The van der Waals surface area contributed by atoms with Crippen LogP contribution in [0.15, 0.2) is 24.3 Å². The molecule has 0 bridgehead atoms.